The van der Waals surface area contributed by atoms with Crippen LogP contribution < -0.4 is 0 Å². The van der Waals surface area contributed by atoms with Crippen LogP contribution in [-0.2, 0) is 9.53 Å². The topological polar surface area (TPSA) is 26.3 Å². The molecule has 15 heavy (non-hydrogen) atoms. The number of thioether (sulfide) groups is 2. The van der Waals surface area contributed by atoms with Gasteiger partial charge in [0, 0.05) is 12.0 Å². The average molecular weight is 246 g/mol. The van der Waals surface area contributed by atoms with E-state index in [2.05, 4.69) is 6.58 Å². The molecule has 1 rings (SSSR count). The van der Waals surface area contributed by atoms with Crippen LogP contribution in [0.5, 0.6) is 0 Å². The van der Waals surface area contributed by atoms with E-state index in [1.807, 2.05) is 30.4 Å². The first-order valence-electron chi connectivity index (χ1n) is 5.19. The van der Waals surface area contributed by atoms with Crippen LogP contribution in [0.25, 0.3) is 0 Å². The summed E-state index contributed by atoms with van der Waals surface area (Å²) in [5.41, 5.74) is 0.478. The Morgan fingerprint density at radius 3 is 2.67 bits per heavy atom. The van der Waals surface area contributed by atoms with Crippen molar-refractivity contribution in [2.45, 2.75) is 37.4 Å². The molecule has 2 nitrogen and oxygen atoms in total. The standard InChI is InChI=1S/C11H18O2S2/c1-8(2)11(12)13-9(3)7-10-14-5-4-6-15-10/h9-10H,1,4-7H2,2-3H3. The summed E-state index contributed by atoms with van der Waals surface area (Å²) in [6.07, 6.45) is 2.23. The van der Waals surface area contributed by atoms with Crippen LogP contribution >= 0.6 is 23.5 Å². The summed E-state index contributed by atoms with van der Waals surface area (Å²) in [5.74, 6) is 2.20. The highest BCUT2D eigenvalue weighted by molar-refractivity contribution is 8.17. The molecule has 4 heteroatoms. The lowest BCUT2D eigenvalue weighted by molar-refractivity contribution is -0.143. The summed E-state index contributed by atoms with van der Waals surface area (Å²) < 4.78 is 5.84. The summed E-state index contributed by atoms with van der Waals surface area (Å²) in [5, 5.41) is 0. The Kier molecular flexibility index (Phi) is 5.61. The first kappa shape index (κ1) is 13.0. The van der Waals surface area contributed by atoms with Crippen molar-refractivity contribution >= 4 is 29.5 Å². The Hall–Kier alpha value is -0.0900. The van der Waals surface area contributed by atoms with E-state index in [4.69, 9.17) is 4.74 Å². The molecule has 1 aliphatic rings. The zero-order valence-corrected chi connectivity index (χ0v) is 11.0. The maximum absolute atomic E-state index is 11.3. The highest BCUT2D eigenvalue weighted by Crippen LogP contribution is 2.34. The summed E-state index contributed by atoms with van der Waals surface area (Å²) in [7, 11) is 0. The molecule has 1 aliphatic heterocycles. The van der Waals surface area contributed by atoms with Gasteiger partial charge in [0.05, 0.1) is 4.58 Å². The first-order valence-corrected chi connectivity index (χ1v) is 7.29. The van der Waals surface area contributed by atoms with Crippen molar-refractivity contribution in [2.24, 2.45) is 0 Å². The molecular weight excluding hydrogens is 228 g/mol. The fourth-order valence-corrected chi connectivity index (χ4v) is 4.38. The number of hydrogen-bond donors (Lipinski definition) is 0. The Morgan fingerprint density at radius 2 is 2.13 bits per heavy atom. The van der Waals surface area contributed by atoms with Crippen molar-refractivity contribution in [3.63, 3.8) is 0 Å². The van der Waals surface area contributed by atoms with Crippen LogP contribution in [0.1, 0.15) is 26.7 Å². The van der Waals surface area contributed by atoms with Gasteiger partial charge in [0.1, 0.15) is 6.10 Å². The molecule has 86 valence electrons. The third-order valence-corrected chi connectivity index (χ3v) is 5.07. The number of carbonyl (C=O) groups is 1. The lowest BCUT2D eigenvalue weighted by Gasteiger charge is -2.23. The van der Waals surface area contributed by atoms with Crippen LogP contribution in [-0.4, -0.2) is 28.2 Å². The third-order valence-electron chi connectivity index (χ3n) is 2.08. The minimum Gasteiger partial charge on any atom is -0.459 e. The molecule has 0 saturated carbocycles. The Morgan fingerprint density at radius 1 is 1.53 bits per heavy atom. The van der Waals surface area contributed by atoms with E-state index >= 15 is 0 Å². The van der Waals surface area contributed by atoms with Gasteiger partial charge < -0.3 is 4.74 Å². The van der Waals surface area contributed by atoms with E-state index in [9.17, 15) is 4.79 Å². The van der Waals surface area contributed by atoms with Crippen molar-refractivity contribution in [3.05, 3.63) is 12.2 Å². The molecule has 0 bridgehead atoms. The molecule has 0 amide bonds. The van der Waals surface area contributed by atoms with Crippen LogP contribution in [0.4, 0.5) is 0 Å². The Labute approximate surface area is 100 Å². The summed E-state index contributed by atoms with van der Waals surface area (Å²) in [6, 6.07) is 0. The van der Waals surface area contributed by atoms with Crippen molar-refractivity contribution in [3.8, 4) is 0 Å². The van der Waals surface area contributed by atoms with Gasteiger partial charge in [-0.25, -0.2) is 4.79 Å². The first-order chi connectivity index (χ1) is 7.09. The van der Waals surface area contributed by atoms with E-state index in [1.54, 1.807) is 6.92 Å². The van der Waals surface area contributed by atoms with Gasteiger partial charge in [-0.3, -0.25) is 0 Å². The van der Waals surface area contributed by atoms with Gasteiger partial charge in [0.15, 0.2) is 0 Å². The van der Waals surface area contributed by atoms with Crippen molar-refractivity contribution < 1.29 is 9.53 Å². The number of rotatable bonds is 4. The Bertz CT molecular complexity index is 235. The SMILES string of the molecule is C=C(C)C(=O)OC(C)CC1SCCCS1. The quantitative estimate of drug-likeness (QED) is 0.562. The van der Waals surface area contributed by atoms with Crippen LogP contribution in [0.3, 0.4) is 0 Å². The largest absolute Gasteiger partial charge is 0.459 e. The van der Waals surface area contributed by atoms with E-state index in [0.717, 1.165) is 6.42 Å². The smallest absolute Gasteiger partial charge is 0.333 e. The van der Waals surface area contributed by atoms with Gasteiger partial charge in [-0.05, 0) is 31.8 Å². The van der Waals surface area contributed by atoms with E-state index in [1.165, 1.54) is 17.9 Å². The maximum Gasteiger partial charge on any atom is 0.333 e. The Balaban J connectivity index is 2.25. The highest BCUT2D eigenvalue weighted by Gasteiger charge is 2.19. The normalized spacial score (nSPS) is 19.6. The molecule has 0 spiro atoms. The number of carbonyl (C=O) groups excluding carboxylic acids is 1. The predicted octanol–water partition coefficient (Wildman–Crippen LogP) is 3.08. The predicted molar refractivity (Wildman–Crippen MR) is 68.3 cm³/mol. The second-order valence-corrected chi connectivity index (χ2v) is 6.68. The molecule has 1 atom stereocenters. The monoisotopic (exact) mass is 246 g/mol. The van der Waals surface area contributed by atoms with E-state index in [-0.39, 0.29) is 12.1 Å². The second-order valence-electron chi connectivity index (χ2n) is 3.76. The zero-order valence-electron chi connectivity index (χ0n) is 9.32. The fourth-order valence-electron chi connectivity index (χ4n) is 1.28. The summed E-state index contributed by atoms with van der Waals surface area (Å²) >= 11 is 3.95. The van der Waals surface area contributed by atoms with Crippen LogP contribution in [0.15, 0.2) is 12.2 Å². The third kappa shape index (κ3) is 4.98. The molecular formula is C11H18O2S2. The molecule has 0 aromatic heterocycles. The molecule has 0 aromatic carbocycles. The minimum atomic E-state index is -0.270. The van der Waals surface area contributed by atoms with Crippen molar-refractivity contribution in [1.29, 1.82) is 0 Å². The average Bonchev–Trinajstić information content (AvgIpc) is 2.18. The lowest BCUT2D eigenvalue weighted by atomic mass is 10.3. The zero-order chi connectivity index (χ0) is 11.3. The number of ether oxygens (including phenoxy) is 1. The molecule has 1 saturated heterocycles. The number of hydrogen-bond acceptors (Lipinski definition) is 4. The summed E-state index contributed by atoms with van der Waals surface area (Å²) in [4.78, 5) is 11.3. The molecule has 1 fully saturated rings. The van der Waals surface area contributed by atoms with Crippen molar-refractivity contribution in [2.75, 3.05) is 11.5 Å². The lowest BCUT2D eigenvalue weighted by Crippen LogP contribution is -2.20. The molecule has 1 heterocycles. The summed E-state index contributed by atoms with van der Waals surface area (Å²) in [6.45, 7) is 7.20. The molecule has 0 aromatic rings. The van der Waals surface area contributed by atoms with Crippen LogP contribution in [0.2, 0.25) is 0 Å². The second kappa shape index (κ2) is 6.48. The van der Waals surface area contributed by atoms with Gasteiger partial charge in [0.2, 0.25) is 0 Å². The van der Waals surface area contributed by atoms with Crippen LogP contribution in [0, 0.1) is 0 Å². The van der Waals surface area contributed by atoms with Gasteiger partial charge >= 0.3 is 5.97 Å². The van der Waals surface area contributed by atoms with Gasteiger partial charge in [-0.1, -0.05) is 6.58 Å². The fraction of sp³-hybridized carbons (Fsp3) is 0.727. The van der Waals surface area contributed by atoms with E-state index in [0.29, 0.717) is 10.2 Å². The molecule has 0 radical (unpaired) electrons. The molecule has 1 unspecified atom stereocenters. The highest BCUT2D eigenvalue weighted by atomic mass is 32.2. The molecule has 0 N–H and O–H groups in total. The van der Waals surface area contributed by atoms with E-state index < -0.39 is 0 Å². The van der Waals surface area contributed by atoms with Gasteiger partial charge in [-0.2, -0.15) is 0 Å². The van der Waals surface area contributed by atoms with Crippen molar-refractivity contribution in [1.82, 2.24) is 0 Å². The number of esters is 1. The van der Waals surface area contributed by atoms with Gasteiger partial charge in [0.25, 0.3) is 0 Å². The molecule has 0 aliphatic carbocycles. The maximum atomic E-state index is 11.3. The minimum absolute atomic E-state index is 0.00250. The van der Waals surface area contributed by atoms with Gasteiger partial charge in [-0.15, -0.1) is 23.5 Å².